The summed E-state index contributed by atoms with van der Waals surface area (Å²) in [6.45, 7) is -0.391. The molecule has 0 spiro atoms. The Bertz CT molecular complexity index is 292. The second kappa shape index (κ2) is 3.40. The number of hydrogen-bond donors (Lipinski definition) is 1. The highest BCUT2D eigenvalue weighted by Gasteiger charge is 2.14. The third kappa shape index (κ3) is 1.48. The van der Waals surface area contributed by atoms with Gasteiger partial charge in [-0.1, -0.05) is 6.07 Å². The monoisotopic (exact) mass is 171 g/mol. The molecule has 0 bridgehead atoms. The molecule has 4 heteroatoms. The second-order valence-electron chi connectivity index (χ2n) is 2.22. The van der Waals surface area contributed by atoms with Crippen molar-refractivity contribution in [1.82, 2.24) is 0 Å². The van der Waals surface area contributed by atoms with E-state index in [1.54, 1.807) is 0 Å². The van der Waals surface area contributed by atoms with Gasteiger partial charge in [0, 0.05) is 0 Å². The fourth-order valence-electron chi connectivity index (χ4n) is 0.866. The van der Waals surface area contributed by atoms with Crippen LogP contribution in [0.25, 0.3) is 0 Å². The van der Waals surface area contributed by atoms with Gasteiger partial charge >= 0.3 is 0 Å². The maximum Gasteiger partial charge on any atom is 0.182 e. The SMILES string of the molecule is NCC(=O)c1c(F)cccc1F. The number of carbonyl (C=O) groups excluding carboxylic acids is 1. The van der Waals surface area contributed by atoms with Crippen molar-refractivity contribution >= 4 is 5.78 Å². The summed E-state index contributed by atoms with van der Waals surface area (Å²) in [4.78, 5) is 10.9. The van der Waals surface area contributed by atoms with E-state index in [1.807, 2.05) is 0 Å². The van der Waals surface area contributed by atoms with Gasteiger partial charge in [-0.25, -0.2) is 8.78 Å². The van der Waals surface area contributed by atoms with Crippen LogP contribution in [0.1, 0.15) is 10.4 Å². The Balaban J connectivity index is 3.21. The summed E-state index contributed by atoms with van der Waals surface area (Å²) in [6, 6.07) is 3.23. The number of Topliss-reactive ketones (excluding diaryl/α,β-unsaturated/α-hetero) is 1. The van der Waals surface area contributed by atoms with Crippen molar-refractivity contribution in [3.05, 3.63) is 35.4 Å². The molecule has 0 heterocycles. The van der Waals surface area contributed by atoms with Crippen molar-refractivity contribution in [2.45, 2.75) is 0 Å². The van der Waals surface area contributed by atoms with Crippen molar-refractivity contribution in [1.29, 1.82) is 0 Å². The number of halogens is 2. The Kier molecular flexibility index (Phi) is 2.50. The third-order valence-corrected chi connectivity index (χ3v) is 1.43. The number of rotatable bonds is 2. The molecule has 0 aliphatic rings. The zero-order chi connectivity index (χ0) is 9.14. The first kappa shape index (κ1) is 8.80. The van der Waals surface area contributed by atoms with Gasteiger partial charge in [0.25, 0.3) is 0 Å². The molecule has 0 radical (unpaired) electrons. The molecule has 12 heavy (non-hydrogen) atoms. The van der Waals surface area contributed by atoms with Gasteiger partial charge in [0.1, 0.15) is 11.6 Å². The standard InChI is InChI=1S/C8H7F2NO/c9-5-2-1-3-6(10)8(5)7(12)4-11/h1-3H,4,11H2. The van der Waals surface area contributed by atoms with Gasteiger partial charge in [-0.2, -0.15) is 0 Å². The van der Waals surface area contributed by atoms with Crippen molar-refractivity contribution in [2.24, 2.45) is 5.73 Å². The summed E-state index contributed by atoms with van der Waals surface area (Å²) in [5, 5.41) is 0. The van der Waals surface area contributed by atoms with Crippen LogP contribution in [-0.4, -0.2) is 12.3 Å². The quantitative estimate of drug-likeness (QED) is 0.677. The minimum atomic E-state index is -0.870. The van der Waals surface area contributed by atoms with Gasteiger partial charge in [0.15, 0.2) is 5.78 Å². The van der Waals surface area contributed by atoms with E-state index >= 15 is 0 Å². The highest BCUT2D eigenvalue weighted by atomic mass is 19.1. The van der Waals surface area contributed by atoms with Gasteiger partial charge < -0.3 is 5.73 Å². The van der Waals surface area contributed by atoms with E-state index in [0.29, 0.717) is 0 Å². The number of carbonyl (C=O) groups is 1. The fourth-order valence-corrected chi connectivity index (χ4v) is 0.866. The molecule has 0 atom stereocenters. The van der Waals surface area contributed by atoms with Gasteiger partial charge in [-0.15, -0.1) is 0 Å². The summed E-state index contributed by atoms with van der Waals surface area (Å²) in [6.07, 6.45) is 0. The minimum absolute atomic E-state index is 0.391. The van der Waals surface area contributed by atoms with Crippen LogP contribution >= 0.6 is 0 Å². The van der Waals surface area contributed by atoms with Gasteiger partial charge in [0.2, 0.25) is 0 Å². The molecule has 0 saturated heterocycles. The lowest BCUT2D eigenvalue weighted by atomic mass is 10.1. The molecule has 2 nitrogen and oxygen atoms in total. The summed E-state index contributed by atoms with van der Waals surface area (Å²) in [5.41, 5.74) is 4.40. The Morgan fingerprint density at radius 3 is 2.25 bits per heavy atom. The lowest BCUT2D eigenvalue weighted by molar-refractivity contribution is 0.0993. The van der Waals surface area contributed by atoms with Crippen LogP contribution in [0, 0.1) is 11.6 Å². The lowest BCUT2D eigenvalue weighted by Crippen LogP contribution is -2.16. The average molecular weight is 171 g/mol. The van der Waals surface area contributed by atoms with Crippen LogP contribution in [0.5, 0.6) is 0 Å². The molecule has 0 aliphatic heterocycles. The molecule has 1 aromatic rings. The summed E-state index contributed by atoms with van der Waals surface area (Å²) < 4.78 is 25.5. The average Bonchev–Trinajstić information content (AvgIpc) is 2.03. The predicted octanol–water partition coefficient (Wildman–Crippen LogP) is 1.11. The molecular formula is C8H7F2NO. The zero-order valence-electron chi connectivity index (χ0n) is 6.18. The molecule has 0 aliphatic carbocycles. The first-order valence-corrected chi connectivity index (χ1v) is 3.34. The molecular weight excluding hydrogens is 164 g/mol. The minimum Gasteiger partial charge on any atom is -0.324 e. The van der Waals surface area contributed by atoms with E-state index in [2.05, 4.69) is 0 Å². The smallest absolute Gasteiger partial charge is 0.182 e. The Hall–Kier alpha value is -1.29. The van der Waals surface area contributed by atoms with Crippen LogP contribution in [0.4, 0.5) is 8.78 Å². The largest absolute Gasteiger partial charge is 0.324 e. The Morgan fingerprint density at radius 2 is 1.83 bits per heavy atom. The lowest BCUT2D eigenvalue weighted by Gasteiger charge is -2.00. The van der Waals surface area contributed by atoms with Gasteiger partial charge in [0.05, 0.1) is 12.1 Å². The van der Waals surface area contributed by atoms with Gasteiger partial charge in [-0.05, 0) is 12.1 Å². The topological polar surface area (TPSA) is 43.1 Å². The van der Waals surface area contributed by atoms with Crippen molar-refractivity contribution in [2.75, 3.05) is 6.54 Å². The highest BCUT2D eigenvalue weighted by Crippen LogP contribution is 2.11. The molecule has 0 unspecified atom stereocenters. The molecule has 1 rings (SSSR count). The van der Waals surface area contributed by atoms with E-state index in [9.17, 15) is 13.6 Å². The molecule has 64 valence electrons. The van der Waals surface area contributed by atoms with E-state index in [-0.39, 0.29) is 0 Å². The number of nitrogens with two attached hydrogens (primary N) is 1. The predicted molar refractivity (Wildman–Crippen MR) is 39.7 cm³/mol. The zero-order valence-corrected chi connectivity index (χ0v) is 6.18. The highest BCUT2D eigenvalue weighted by molar-refractivity contribution is 5.97. The second-order valence-corrected chi connectivity index (χ2v) is 2.22. The summed E-state index contributed by atoms with van der Waals surface area (Å²) >= 11 is 0. The molecule has 0 saturated carbocycles. The molecule has 0 fully saturated rings. The Labute approximate surface area is 68.0 Å². The number of hydrogen-bond acceptors (Lipinski definition) is 2. The van der Waals surface area contributed by atoms with Crippen molar-refractivity contribution in [3.8, 4) is 0 Å². The van der Waals surface area contributed by atoms with E-state index in [1.165, 1.54) is 6.07 Å². The normalized spacial score (nSPS) is 9.92. The summed E-state index contributed by atoms with van der Waals surface area (Å²) in [7, 11) is 0. The van der Waals surface area contributed by atoms with Crippen LogP contribution < -0.4 is 5.73 Å². The first-order valence-electron chi connectivity index (χ1n) is 3.34. The molecule has 0 aromatic heterocycles. The maximum atomic E-state index is 12.8. The molecule has 0 amide bonds. The van der Waals surface area contributed by atoms with E-state index < -0.39 is 29.5 Å². The summed E-state index contributed by atoms with van der Waals surface area (Å²) in [5.74, 6) is -2.47. The van der Waals surface area contributed by atoms with Crippen molar-refractivity contribution < 1.29 is 13.6 Å². The third-order valence-electron chi connectivity index (χ3n) is 1.43. The van der Waals surface area contributed by atoms with Gasteiger partial charge in [-0.3, -0.25) is 4.79 Å². The van der Waals surface area contributed by atoms with Crippen LogP contribution in [0.2, 0.25) is 0 Å². The van der Waals surface area contributed by atoms with Crippen LogP contribution in [-0.2, 0) is 0 Å². The number of benzene rings is 1. The molecule has 1 aromatic carbocycles. The van der Waals surface area contributed by atoms with Crippen LogP contribution in [0.15, 0.2) is 18.2 Å². The van der Waals surface area contributed by atoms with Crippen LogP contribution in [0.3, 0.4) is 0 Å². The van der Waals surface area contributed by atoms with E-state index in [4.69, 9.17) is 5.73 Å². The number of ketones is 1. The molecule has 2 N–H and O–H groups in total. The van der Waals surface area contributed by atoms with E-state index in [0.717, 1.165) is 12.1 Å². The first-order chi connectivity index (χ1) is 5.66. The maximum absolute atomic E-state index is 12.8. The Morgan fingerprint density at radius 1 is 1.33 bits per heavy atom. The fraction of sp³-hybridized carbons (Fsp3) is 0.125. The van der Waals surface area contributed by atoms with Crippen molar-refractivity contribution in [3.63, 3.8) is 0 Å².